The third kappa shape index (κ3) is 2.29. The third-order valence-electron chi connectivity index (χ3n) is 4.26. The molecule has 0 unspecified atom stereocenters. The fraction of sp³-hybridized carbons (Fsp3) is 0. The normalized spacial score (nSPS) is 12.3. The summed E-state index contributed by atoms with van der Waals surface area (Å²) in [5, 5.41) is 0. The lowest BCUT2D eigenvalue weighted by Crippen LogP contribution is -2.15. The molecule has 0 saturated carbocycles. The summed E-state index contributed by atoms with van der Waals surface area (Å²) < 4.78 is 0. The molecular weight excluding hydrogens is 296 g/mol. The molecule has 0 saturated heterocycles. The van der Waals surface area contributed by atoms with E-state index >= 15 is 0 Å². The quantitative estimate of drug-likeness (QED) is 0.402. The molecule has 0 radical (unpaired) electrons. The van der Waals surface area contributed by atoms with Crippen molar-refractivity contribution < 1.29 is 9.59 Å². The maximum atomic E-state index is 12.7. The lowest BCUT2D eigenvalue weighted by atomic mass is 9.81. The second-order valence-electron chi connectivity index (χ2n) is 5.71. The van der Waals surface area contributed by atoms with E-state index in [0.717, 1.165) is 16.7 Å². The minimum absolute atomic E-state index is 0.00510. The van der Waals surface area contributed by atoms with E-state index in [9.17, 15) is 9.59 Å². The topological polar surface area (TPSA) is 34.1 Å². The van der Waals surface area contributed by atoms with Crippen molar-refractivity contribution >= 4 is 17.1 Å². The predicted octanol–water partition coefficient (Wildman–Crippen LogP) is 4.55. The summed E-state index contributed by atoms with van der Waals surface area (Å²) in [6.07, 6.45) is 1.64. The molecule has 0 N–H and O–H groups in total. The molecule has 0 bridgehead atoms. The summed E-state index contributed by atoms with van der Waals surface area (Å²) in [4.78, 5) is 25.3. The summed E-state index contributed by atoms with van der Waals surface area (Å²) in [7, 11) is 0. The van der Waals surface area contributed by atoms with E-state index in [0.29, 0.717) is 16.7 Å². The summed E-state index contributed by atoms with van der Waals surface area (Å²) in [6, 6.07) is 24.1. The van der Waals surface area contributed by atoms with E-state index in [1.54, 1.807) is 18.2 Å². The van der Waals surface area contributed by atoms with Crippen LogP contribution in [0.5, 0.6) is 0 Å². The molecule has 0 aromatic heterocycles. The molecule has 0 fully saturated rings. The van der Waals surface area contributed by atoms with Crippen LogP contribution in [-0.4, -0.2) is 11.6 Å². The lowest BCUT2D eigenvalue weighted by molar-refractivity contribution is 0.103. The predicted molar refractivity (Wildman–Crippen MR) is 94.2 cm³/mol. The number of hydrogen-bond donors (Lipinski definition) is 0. The molecule has 3 aromatic rings. The second kappa shape index (κ2) is 5.74. The van der Waals surface area contributed by atoms with Crippen LogP contribution in [0.3, 0.4) is 0 Å². The second-order valence-corrected chi connectivity index (χ2v) is 5.71. The van der Waals surface area contributed by atoms with Crippen molar-refractivity contribution in [3.63, 3.8) is 0 Å². The molecule has 1 aliphatic rings. The average Bonchev–Trinajstić information content (AvgIpc) is 2.65. The highest BCUT2D eigenvalue weighted by Gasteiger charge is 2.26. The van der Waals surface area contributed by atoms with Gasteiger partial charge in [-0.25, -0.2) is 0 Å². The lowest BCUT2D eigenvalue weighted by Gasteiger charge is -2.21. The van der Waals surface area contributed by atoms with Gasteiger partial charge in [0.2, 0.25) is 0 Å². The molecule has 114 valence electrons. The van der Waals surface area contributed by atoms with Crippen LogP contribution < -0.4 is 0 Å². The number of fused-ring (bicyclic) bond motifs is 2. The molecule has 0 heterocycles. The van der Waals surface area contributed by atoms with Gasteiger partial charge in [0.1, 0.15) is 0 Å². The van der Waals surface area contributed by atoms with Gasteiger partial charge >= 0.3 is 0 Å². The van der Waals surface area contributed by atoms with Crippen LogP contribution in [0.25, 0.3) is 5.57 Å². The van der Waals surface area contributed by atoms with E-state index < -0.39 is 0 Å². The van der Waals surface area contributed by atoms with E-state index in [2.05, 4.69) is 0 Å². The van der Waals surface area contributed by atoms with Crippen LogP contribution in [0, 0.1) is 0 Å². The van der Waals surface area contributed by atoms with Crippen molar-refractivity contribution in [2.75, 3.05) is 0 Å². The molecule has 4 rings (SSSR count). The maximum Gasteiger partial charge on any atom is 0.194 e. The molecule has 0 aliphatic heterocycles. The highest BCUT2D eigenvalue weighted by Crippen LogP contribution is 2.35. The van der Waals surface area contributed by atoms with Crippen LogP contribution in [0.15, 0.2) is 84.9 Å². The van der Waals surface area contributed by atoms with E-state index in [4.69, 9.17) is 0 Å². The Morgan fingerprint density at radius 2 is 1.08 bits per heavy atom. The molecule has 0 amide bonds. The third-order valence-corrected chi connectivity index (χ3v) is 4.26. The standard InChI is InChI=1S/C22H14O2/c23-21(15-8-2-1-3-9-15)14-20-16-10-4-6-12-18(16)22(24)19-13-7-5-11-17(19)20/h1-14H. The molecule has 0 spiro atoms. The number of hydrogen-bond acceptors (Lipinski definition) is 2. The van der Waals surface area contributed by atoms with Crippen molar-refractivity contribution in [3.8, 4) is 0 Å². The van der Waals surface area contributed by atoms with Gasteiger partial charge in [-0.1, -0.05) is 78.9 Å². The monoisotopic (exact) mass is 310 g/mol. The Morgan fingerprint density at radius 3 is 1.62 bits per heavy atom. The number of carbonyl (C=O) groups excluding carboxylic acids is 2. The number of ketones is 2. The van der Waals surface area contributed by atoms with Gasteiger partial charge in [-0.3, -0.25) is 9.59 Å². The zero-order valence-corrected chi connectivity index (χ0v) is 12.9. The van der Waals surface area contributed by atoms with Crippen molar-refractivity contribution in [1.82, 2.24) is 0 Å². The van der Waals surface area contributed by atoms with Gasteiger partial charge in [0.05, 0.1) is 0 Å². The van der Waals surface area contributed by atoms with Gasteiger partial charge in [0.15, 0.2) is 11.6 Å². The molecule has 2 heteroatoms. The van der Waals surface area contributed by atoms with Crippen LogP contribution >= 0.6 is 0 Å². The Labute approximate surface area is 140 Å². The Bertz CT molecular complexity index is 930. The highest BCUT2D eigenvalue weighted by atomic mass is 16.1. The summed E-state index contributed by atoms with van der Waals surface area (Å²) >= 11 is 0. The number of carbonyl (C=O) groups is 2. The number of rotatable bonds is 2. The minimum atomic E-state index is -0.0652. The first-order chi connectivity index (χ1) is 11.8. The van der Waals surface area contributed by atoms with E-state index in [-0.39, 0.29) is 11.6 Å². The number of allylic oxidation sites excluding steroid dienone is 1. The minimum Gasteiger partial charge on any atom is -0.289 e. The molecule has 3 aromatic carbocycles. The van der Waals surface area contributed by atoms with Crippen LogP contribution in [0.2, 0.25) is 0 Å². The number of benzene rings is 3. The molecule has 1 aliphatic carbocycles. The first-order valence-electron chi connectivity index (χ1n) is 7.80. The zero-order chi connectivity index (χ0) is 16.5. The van der Waals surface area contributed by atoms with Crippen molar-refractivity contribution in [2.45, 2.75) is 0 Å². The fourth-order valence-corrected chi connectivity index (χ4v) is 3.09. The van der Waals surface area contributed by atoms with Crippen molar-refractivity contribution in [3.05, 3.63) is 113 Å². The van der Waals surface area contributed by atoms with Crippen molar-refractivity contribution in [1.29, 1.82) is 0 Å². The first-order valence-corrected chi connectivity index (χ1v) is 7.80. The van der Waals surface area contributed by atoms with Gasteiger partial charge < -0.3 is 0 Å². The Hall–Kier alpha value is -3.26. The van der Waals surface area contributed by atoms with Gasteiger partial charge in [-0.15, -0.1) is 0 Å². The van der Waals surface area contributed by atoms with Crippen LogP contribution in [0.4, 0.5) is 0 Å². The first kappa shape index (κ1) is 14.3. The highest BCUT2D eigenvalue weighted by molar-refractivity contribution is 6.21. The average molecular weight is 310 g/mol. The van der Waals surface area contributed by atoms with E-state index in [1.807, 2.05) is 66.7 Å². The van der Waals surface area contributed by atoms with Gasteiger partial charge in [-0.2, -0.15) is 0 Å². The Balaban J connectivity index is 1.93. The largest absolute Gasteiger partial charge is 0.289 e. The Kier molecular flexibility index (Phi) is 3.43. The van der Waals surface area contributed by atoms with Crippen LogP contribution in [-0.2, 0) is 0 Å². The smallest absolute Gasteiger partial charge is 0.194 e. The molecule has 24 heavy (non-hydrogen) atoms. The zero-order valence-electron chi connectivity index (χ0n) is 12.9. The van der Waals surface area contributed by atoms with Gasteiger partial charge in [-0.05, 0) is 22.8 Å². The molecule has 2 nitrogen and oxygen atoms in total. The van der Waals surface area contributed by atoms with Crippen LogP contribution in [0.1, 0.15) is 37.4 Å². The summed E-state index contributed by atoms with van der Waals surface area (Å²) in [6.45, 7) is 0. The molecular formula is C22H14O2. The Morgan fingerprint density at radius 1 is 0.625 bits per heavy atom. The van der Waals surface area contributed by atoms with Crippen molar-refractivity contribution in [2.24, 2.45) is 0 Å². The summed E-state index contributed by atoms with van der Waals surface area (Å²) in [5.41, 5.74) is 4.34. The SMILES string of the molecule is O=C(C=C1c2ccccc2C(=O)c2ccccc21)c1ccccc1. The van der Waals surface area contributed by atoms with E-state index in [1.165, 1.54) is 0 Å². The fourth-order valence-electron chi connectivity index (χ4n) is 3.09. The van der Waals surface area contributed by atoms with Gasteiger partial charge in [0, 0.05) is 16.7 Å². The maximum absolute atomic E-state index is 12.7. The molecule has 0 atom stereocenters. The van der Waals surface area contributed by atoms with Gasteiger partial charge in [0.25, 0.3) is 0 Å². The summed E-state index contributed by atoms with van der Waals surface area (Å²) in [5.74, 6) is -0.0601.